The van der Waals surface area contributed by atoms with Crippen LogP contribution in [-0.2, 0) is 12.8 Å². The molecule has 1 aliphatic heterocycles. The van der Waals surface area contributed by atoms with Crippen LogP contribution < -0.4 is 15.2 Å². The zero-order chi connectivity index (χ0) is 20.9. The highest BCUT2D eigenvalue weighted by atomic mass is 32.1. The summed E-state index contributed by atoms with van der Waals surface area (Å²) in [6, 6.07) is 8.02. The summed E-state index contributed by atoms with van der Waals surface area (Å²) in [5.41, 5.74) is 8.02. The predicted octanol–water partition coefficient (Wildman–Crippen LogP) is 4.28. The zero-order valence-electron chi connectivity index (χ0n) is 17.7. The van der Waals surface area contributed by atoms with Crippen LogP contribution in [0.15, 0.2) is 29.6 Å². The maximum atomic E-state index is 13.0. The van der Waals surface area contributed by atoms with Crippen molar-refractivity contribution in [3.63, 3.8) is 0 Å². The van der Waals surface area contributed by atoms with Crippen LogP contribution in [0, 0.1) is 0 Å². The molecule has 1 unspecified atom stereocenters. The molecule has 1 aromatic heterocycles. The quantitative estimate of drug-likeness (QED) is 0.587. The van der Waals surface area contributed by atoms with Gasteiger partial charge in [-0.1, -0.05) is 12.5 Å². The number of hydrogen-bond donors (Lipinski definition) is 1. The first-order chi connectivity index (χ1) is 13.9. The number of hydrogen-bond acceptors (Lipinski definition) is 5. The highest BCUT2D eigenvalue weighted by Crippen LogP contribution is 2.33. The molecule has 2 N–H and O–H groups in total. The van der Waals surface area contributed by atoms with Gasteiger partial charge in [-0.2, -0.15) is 0 Å². The van der Waals surface area contributed by atoms with Crippen molar-refractivity contribution in [2.75, 3.05) is 27.3 Å². The predicted molar refractivity (Wildman–Crippen MR) is 118 cm³/mol. The monoisotopic (exact) mass is 416 g/mol. The lowest BCUT2D eigenvalue weighted by atomic mass is 9.91. The number of benzene rings is 1. The summed E-state index contributed by atoms with van der Waals surface area (Å²) in [6.07, 6.45) is 6.00. The van der Waals surface area contributed by atoms with E-state index in [1.807, 2.05) is 22.3 Å². The van der Waals surface area contributed by atoms with Crippen LogP contribution in [0.2, 0.25) is 0 Å². The Balaban J connectivity index is 1.52. The number of carbonyl (C=O) groups is 1. The minimum absolute atomic E-state index is 0.0562. The Kier molecular flexibility index (Phi) is 7.19. The highest BCUT2D eigenvalue weighted by Gasteiger charge is 2.28. The summed E-state index contributed by atoms with van der Waals surface area (Å²) < 4.78 is 10.7. The summed E-state index contributed by atoms with van der Waals surface area (Å²) >= 11 is 1.82. The molecule has 0 bridgehead atoms. The lowest BCUT2D eigenvalue weighted by Gasteiger charge is -2.33. The summed E-state index contributed by atoms with van der Waals surface area (Å²) in [4.78, 5) is 16.3. The molecule has 29 heavy (non-hydrogen) atoms. The van der Waals surface area contributed by atoms with Gasteiger partial charge in [0.1, 0.15) is 0 Å². The molecule has 0 fully saturated rings. The van der Waals surface area contributed by atoms with E-state index in [0.717, 1.165) is 50.6 Å². The Morgan fingerprint density at radius 2 is 1.93 bits per heavy atom. The van der Waals surface area contributed by atoms with Crippen molar-refractivity contribution in [3.05, 3.63) is 45.6 Å². The Labute approximate surface area is 177 Å². The van der Waals surface area contributed by atoms with Crippen molar-refractivity contribution in [2.45, 2.75) is 51.0 Å². The van der Waals surface area contributed by atoms with Crippen LogP contribution in [0.5, 0.6) is 11.5 Å². The van der Waals surface area contributed by atoms with Gasteiger partial charge >= 0.3 is 0 Å². The molecular weight excluding hydrogens is 384 g/mol. The van der Waals surface area contributed by atoms with Crippen LogP contribution in [0.4, 0.5) is 0 Å². The van der Waals surface area contributed by atoms with Crippen molar-refractivity contribution in [1.29, 1.82) is 0 Å². The zero-order valence-corrected chi connectivity index (χ0v) is 18.5. The maximum Gasteiger partial charge on any atom is 0.254 e. The molecule has 5 nitrogen and oxygen atoms in total. The van der Waals surface area contributed by atoms with Gasteiger partial charge in [-0.15, -0.1) is 11.3 Å². The van der Waals surface area contributed by atoms with Crippen molar-refractivity contribution in [1.82, 2.24) is 4.90 Å². The second kappa shape index (κ2) is 9.63. The first-order valence-electron chi connectivity index (χ1n) is 10.3. The van der Waals surface area contributed by atoms with Crippen LogP contribution in [0.1, 0.15) is 53.4 Å². The van der Waals surface area contributed by atoms with Gasteiger partial charge in [-0.25, -0.2) is 0 Å². The third-order valence-corrected chi connectivity index (χ3v) is 6.67. The van der Waals surface area contributed by atoms with Gasteiger partial charge in [0.25, 0.3) is 5.91 Å². The van der Waals surface area contributed by atoms with Gasteiger partial charge in [0.2, 0.25) is 0 Å². The molecule has 1 aromatic carbocycles. The van der Waals surface area contributed by atoms with E-state index in [4.69, 9.17) is 15.2 Å². The second-order valence-corrected chi connectivity index (χ2v) is 9.13. The number of aryl methyl sites for hydroxylation is 1. The van der Waals surface area contributed by atoms with E-state index >= 15 is 0 Å². The van der Waals surface area contributed by atoms with E-state index < -0.39 is 0 Å². The molecule has 3 rings (SSSR count). The SMILES string of the molecule is COc1cc2c(cc1OC)C(=O)N(CCC(C)(N)CCCCc1cccs1)CC2. The van der Waals surface area contributed by atoms with Crippen LogP contribution in [0.3, 0.4) is 0 Å². The highest BCUT2D eigenvalue weighted by molar-refractivity contribution is 7.09. The Bertz CT molecular complexity index is 818. The fraction of sp³-hybridized carbons (Fsp3) is 0.522. The molecule has 0 saturated heterocycles. The lowest BCUT2D eigenvalue weighted by molar-refractivity contribution is 0.0726. The smallest absolute Gasteiger partial charge is 0.254 e. The molecular formula is C23H32N2O3S. The third-order valence-electron chi connectivity index (χ3n) is 5.73. The molecule has 158 valence electrons. The van der Waals surface area contributed by atoms with Crippen LogP contribution >= 0.6 is 11.3 Å². The van der Waals surface area contributed by atoms with Crippen molar-refractivity contribution in [2.24, 2.45) is 5.73 Å². The maximum absolute atomic E-state index is 13.0. The largest absolute Gasteiger partial charge is 0.493 e. The van der Waals surface area contributed by atoms with Gasteiger partial charge in [-0.05, 0) is 68.2 Å². The van der Waals surface area contributed by atoms with E-state index in [-0.39, 0.29) is 11.4 Å². The molecule has 1 aliphatic rings. The molecule has 0 spiro atoms. The number of methoxy groups -OCH3 is 2. The van der Waals surface area contributed by atoms with Crippen molar-refractivity contribution in [3.8, 4) is 11.5 Å². The van der Waals surface area contributed by atoms with Gasteiger partial charge in [0.05, 0.1) is 14.2 Å². The number of nitrogens with two attached hydrogens (primary N) is 1. The topological polar surface area (TPSA) is 64.8 Å². The summed E-state index contributed by atoms with van der Waals surface area (Å²) in [7, 11) is 3.21. The minimum atomic E-state index is -0.256. The normalized spacial score (nSPS) is 15.7. The van der Waals surface area contributed by atoms with Crippen molar-refractivity contribution >= 4 is 17.2 Å². The van der Waals surface area contributed by atoms with E-state index in [1.54, 1.807) is 20.3 Å². The van der Waals surface area contributed by atoms with Gasteiger partial charge in [0.15, 0.2) is 11.5 Å². The number of carbonyl (C=O) groups excluding carboxylic acids is 1. The molecule has 6 heteroatoms. The average Bonchev–Trinajstić information content (AvgIpc) is 3.23. The van der Waals surface area contributed by atoms with Gasteiger partial charge in [0, 0.05) is 29.1 Å². The summed E-state index contributed by atoms with van der Waals surface area (Å²) in [5, 5.41) is 2.13. The summed E-state index contributed by atoms with van der Waals surface area (Å²) in [6.45, 7) is 3.51. The molecule has 0 saturated carbocycles. The Hall–Kier alpha value is -2.05. The molecule has 0 radical (unpaired) electrons. The number of nitrogens with zero attached hydrogens (tertiary/aromatic N) is 1. The van der Waals surface area contributed by atoms with Crippen molar-refractivity contribution < 1.29 is 14.3 Å². The van der Waals surface area contributed by atoms with Crippen LogP contribution in [-0.4, -0.2) is 43.7 Å². The first-order valence-corrected chi connectivity index (χ1v) is 11.2. The molecule has 1 atom stereocenters. The van der Waals surface area contributed by atoms with E-state index in [9.17, 15) is 4.79 Å². The first kappa shape index (κ1) is 21.7. The number of ether oxygens (including phenoxy) is 2. The summed E-state index contributed by atoms with van der Waals surface area (Å²) in [5.74, 6) is 1.32. The van der Waals surface area contributed by atoms with Crippen LogP contribution in [0.25, 0.3) is 0 Å². The minimum Gasteiger partial charge on any atom is -0.493 e. The fourth-order valence-electron chi connectivity index (χ4n) is 3.87. The van der Waals surface area contributed by atoms with Gasteiger partial charge < -0.3 is 20.1 Å². The second-order valence-electron chi connectivity index (χ2n) is 8.10. The Morgan fingerprint density at radius 3 is 2.62 bits per heavy atom. The lowest BCUT2D eigenvalue weighted by Crippen LogP contribution is -2.44. The molecule has 2 heterocycles. The number of thiophene rings is 1. The Morgan fingerprint density at radius 1 is 1.17 bits per heavy atom. The molecule has 1 amide bonds. The number of rotatable bonds is 10. The molecule has 2 aromatic rings. The van der Waals surface area contributed by atoms with Gasteiger partial charge in [-0.3, -0.25) is 4.79 Å². The fourth-order valence-corrected chi connectivity index (χ4v) is 4.62. The van der Waals surface area contributed by atoms with E-state index in [0.29, 0.717) is 23.6 Å². The molecule has 0 aliphatic carbocycles. The van der Waals surface area contributed by atoms with E-state index in [2.05, 4.69) is 24.4 Å². The average molecular weight is 417 g/mol. The number of unbranched alkanes of at least 4 members (excludes halogenated alkanes) is 1. The number of fused-ring (bicyclic) bond motifs is 1. The standard InChI is InChI=1S/C23H32N2O3S/c1-23(24,10-5-4-7-18-8-6-14-29-18)11-13-25-12-9-17-15-20(27-2)21(28-3)16-19(17)22(25)26/h6,8,14-16H,4-5,7,9-13,24H2,1-3H3. The third kappa shape index (κ3) is 5.52. The van der Waals surface area contributed by atoms with E-state index in [1.165, 1.54) is 4.88 Å². The number of amides is 1.